The molecule has 3 rings (SSSR count). The molecular formula is C25H33N3O2. The minimum atomic E-state index is -0.391. The van der Waals surface area contributed by atoms with Gasteiger partial charge in [-0.2, -0.15) is 0 Å². The molecule has 0 unspecified atom stereocenters. The summed E-state index contributed by atoms with van der Waals surface area (Å²) in [5.41, 5.74) is 11.2. The number of nitrogens with two attached hydrogens (primary N) is 1. The second-order valence-corrected chi connectivity index (χ2v) is 7.69. The molecule has 30 heavy (non-hydrogen) atoms. The number of amides is 1. The van der Waals surface area contributed by atoms with Gasteiger partial charge in [0.15, 0.2) is 0 Å². The fourth-order valence-corrected chi connectivity index (χ4v) is 4.15. The lowest BCUT2D eigenvalue weighted by Crippen LogP contribution is -2.14. The van der Waals surface area contributed by atoms with Crippen LogP contribution in [0.2, 0.25) is 0 Å². The third kappa shape index (κ3) is 4.73. The van der Waals surface area contributed by atoms with E-state index in [4.69, 9.17) is 15.5 Å². The average Bonchev–Trinajstić information content (AvgIpc) is 3.03. The second kappa shape index (κ2) is 10.4. The fraction of sp³-hybridized carbons (Fsp3) is 0.440. The lowest BCUT2D eigenvalue weighted by Gasteiger charge is -2.13. The smallest absolute Gasteiger partial charge is 0.251 e. The molecule has 5 heteroatoms. The van der Waals surface area contributed by atoms with Gasteiger partial charge in [-0.3, -0.25) is 4.79 Å². The lowest BCUT2D eigenvalue weighted by atomic mass is 10.0. The van der Waals surface area contributed by atoms with Gasteiger partial charge in [0.25, 0.3) is 5.91 Å². The van der Waals surface area contributed by atoms with Crippen LogP contribution in [-0.4, -0.2) is 28.7 Å². The molecule has 1 amide bonds. The van der Waals surface area contributed by atoms with Gasteiger partial charge in [-0.1, -0.05) is 44.0 Å². The first kappa shape index (κ1) is 22.0. The number of primary amides is 1. The summed E-state index contributed by atoms with van der Waals surface area (Å²) in [6.07, 6.45) is 5.17. The van der Waals surface area contributed by atoms with E-state index in [1.165, 1.54) is 0 Å². The van der Waals surface area contributed by atoms with Crippen molar-refractivity contribution in [3.63, 3.8) is 0 Å². The van der Waals surface area contributed by atoms with Crippen LogP contribution < -0.4 is 5.73 Å². The van der Waals surface area contributed by atoms with E-state index in [1.807, 2.05) is 44.2 Å². The Morgan fingerprint density at radius 1 is 1.10 bits per heavy atom. The van der Waals surface area contributed by atoms with Gasteiger partial charge in [-0.15, -0.1) is 0 Å². The van der Waals surface area contributed by atoms with Crippen molar-refractivity contribution in [2.45, 2.75) is 59.4 Å². The summed E-state index contributed by atoms with van der Waals surface area (Å²) in [6.45, 7) is 8.43. The molecule has 2 heterocycles. The van der Waals surface area contributed by atoms with Crippen LogP contribution in [0.4, 0.5) is 0 Å². The molecule has 5 nitrogen and oxygen atoms in total. The summed E-state index contributed by atoms with van der Waals surface area (Å²) in [5.74, 6) is -0.391. The van der Waals surface area contributed by atoms with Crippen molar-refractivity contribution in [2.75, 3.05) is 13.2 Å². The largest absolute Gasteiger partial charge is 0.382 e. The van der Waals surface area contributed by atoms with E-state index >= 15 is 0 Å². The Hall–Kier alpha value is -2.66. The van der Waals surface area contributed by atoms with Gasteiger partial charge in [0.2, 0.25) is 0 Å². The van der Waals surface area contributed by atoms with Gasteiger partial charge in [0.05, 0.1) is 16.8 Å². The molecule has 0 fully saturated rings. The van der Waals surface area contributed by atoms with E-state index in [2.05, 4.69) is 17.6 Å². The third-order valence-electron chi connectivity index (χ3n) is 5.62. The van der Waals surface area contributed by atoms with Gasteiger partial charge in [-0.05, 0) is 45.2 Å². The number of pyridine rings is 1. The standard InChI is InChI=1S/C25H33N3O2/c1-4-6-7-13-22-24(21-15-14-19-11-8-9-12-20(19)27-21)23(25(26)29)18(3)28(22)16-10-17-30-5-2/h8-9,11-12,14-15H,4-7,10,13,16-17H2,1-3H3,(H2,26,29). The molecule has 0 saturated carbocycles. The van der Waals surface area contributed by atoms with E-state index < -0.39 is 5.91 Å². The zero-order valence-electron chi connectivity index (χ0n) is 18.4. The number of hydrogen-bond acceptors (Lipinski definition) is 3. The van der Waals surface area contributed by atoms with Crippen LogP contribution in [0.1, 0.15) is 61.3 Å². The molecule has 0 radical (unpaired) electrons. The van der Waals surface area contributed by atoms with Crippen LogP contribution in [0.3, 0.4) is 0 Å². The van der Waals surface area contributed by atoms with E-state index in [9.17, 15) is 4.79 Å². The molecule has 160 valence electrons. The number of carbonyl (C=O) groups excluding carboxylic acids is 1. The normalized spacial score (nSPS) is 11.3. The number of ether oxygens (including phenoxy) is 1. The summed E-state index contributed by atoms with van der Waals surface area (Å²) < 4.78 is 7.80. The molecule has 0 aliphatic heterocycles. The molecule has 0 bridgehead atoms. The van der Waals surface area contributed by atoms with E-state index in [-0.39, 0.29) is 0 Å². The van der Waals surface area contributed by atoms with Crippen molar-refractivity contribution < 1.29 is 9.53 Å². The quantitative estimate of drug-likeness (QED) is 0.440. The summed E-state index contributed by atoms with van der Waals surface area (Å²) >= 11 is 0. The highest BCUT2D eigenvalue weighted by molar-refractivity contribution is 6.02. The summed E-state index contributed by atoms with van der Waals surface area (Å²) in [7, 11) is 0. The molecule has 0 aliphatic rings. The van der Waals surface area contributed by atoms with Gasteiger partial charge in [-0.25, -0.2) is 4.98 Å². The topological polar surface area (TPSA) is 70.1 Å². The van der Waals surface area contributed by atoms with E-state index in [0.29, 0.717) is 18.8 Å². The first-order valence-corrected chi connectivity index (χ1v) is 11.0. The number of nitrogens with zero attached hydrogens (tertiary/aromatic N) is 2. The zero-order valence-corrected chi connectivity index (χ0v) is 18.4. The Kier molecular flexibility index (Phi) is 7.63. The van der Waals surface area contributed by atoms with Gasteiger partial charge in [0, 0.05) is 42.1 Å². The number of benzene rings is 1. The van der Waals surface area contributed by atoms with Crippen molar-refractivity contribution in [3.05, 3.63) is 53.3 Å². The van der Waals surface area contributed by atoms with Crippen LogP contribution in [0.15, 0.2) is 36.4 Å². The van der Waals surface area contributed by atoms with Gasteiger partial charge < -0.3 is 15.0 Å². The SMILES string of the molecule is CCCCCc1c(-c2ccc3ccccc3n2)c(C(N)=O)c(C)n1CCCOCC. The summed E-state index contributed by atoms with van der Waals surface area (Å²) in [6, 6.07) is 12.1. The Morgan fingerprint density at radius 2 is 1.90 bits per heavy atom. The first-order valence-electron chi connectivity index (χ1n) is 11.0. The molecule has 0 spiro atoms. The zero-order chi connectivity index (χ0) is 21.5. The number of aromatic nitrogens is 2. The Balaban J connectivity index is 2.12. The van der Waals surface area contributed by atoms with Crippen LogP contribution >= 0.6 is 0 Å². The molecule has 0 aliphatic carbocycles. The van der Waals surface area contributed by atoms with Crippen molar-refractivity contribution in [2.24, 2.45) is 5.73 Å². The maximum Gasteiger partial charge on any atom is 0.251 e. The Morgan fingerprint density at radius 3 is 2.63 bits per heavy atom. The van der Waals surface area contributed by atoms with Crippen molar-refractivity contribution in [3.8, 4) is 11.3 Å². The van der Waals surface area contributed by atoms with Crippen molar-refractivity contribution >= 4 is 16.8 Å². The fourth-order valence-electron chi connectivity index (χ4n) is 4.15. The first-order chi connectivity index (χ1) is 14.6. The highest BCUT2D eigenvalue weighted by atomic mass is 16.5. The van der Waals surface area contributed by atoms with Gasteiger partial charge >= 0.3 is 0 Å². The number of hydrogen-bond donors (Lipinski definition) is 1. The van der Waals surface area contributed by atoms with E-state index in [0.717, 1.165) is 72.2 Å². The maximum atomic E-state index is 12.5. The average molecular weight is 408 g/mol. The minimum absolute atomic E-state index is 0.391. The van der Waals surface area contributed by atoms with Crippen LogP contribution in [-0.2, 0) is 17.7 Å². The molecule has 2 aromatic heterocycles. The predicted octanol–water partition coefficient (Wildman–Crippen LogP) is 5.27. The predicted molar refractivity (Wildman–Crippen MR) is 123 cm³/mol. The maximum absolute atomic E-state index is 12.5. The minimum Gasteiger partial charge on any atom is -0.382 e. The number of unbranched alkanes of at least 4 members (excludes halogenated alkanes) is 2. The van der Waals surface area contributed by atoms with Crippen LogP contribution in [0, 0.1) is 6.92 Å². The molecule has 0 saturated heterocycles. The van der Waals surface area contributed by atoms with Gasteiger partial charge in [0.1, 0.15) is 0 Å². The van der Waals surface area contributed by atoms with Crippen LogP contribution in [0.25, 0.3) is 22.2 Å². The number of para-hydroxylation sites is 1. The second-order valence-electron chi connectivity index (χ2n) is 7.69. The molecule has 2 N–H and O–H groups in total. The Labute approximate surface area is 179 Å². The third-order valence-corrected chi connectivity index (χ3v) is 5.62. The summed E-state index contributed by atoms with van der Waals surface area (Å²) in [4.78, 5) is 17.4. The molecule has 1 aromatic carbocycles. The lowest BCUT2D eigenvalue weighted by molar-refractivity contribution is 0.1000. The molecular weight excluding hydrogens is 374 g/mol. The molecule has 0 atom stereocenters. The number of fused-ring (bicyclic) bond motifs is 1. The summed E-state index contributed by atoms with van der Waals surface area (Å²) in [5, 5.41) is 1.09. The van der Waals surface area contributed by atoms with E-state index in [1.54, 1.807) is 0 Å². The van der Waals surface area contributed by atoms with Crippen LogP contribution in [0.5, 0.6) is 0 Å². The van der Waals surface area contributed by atoms with Crippen molar-refractivity contribution in [1.82, 2.24) is 9.55 Å². The Bertz CT molecular complexity index is 1010. The number of rotatable bonds is 11. The highest BCUT2D eigenvalue weighted by Crippen LogP contribution is 2.34. The molecule has 3 aromatic rings. The monoisotopic (exact) mass is 407 g/mol. The highest BCUT2D eigenvalue weighted by Gasteiger charge is 2.25. The van der Waals surface area contributed by atoms with Crippen molar-refractivity contribution in [1.29, 1.82) is 0 Å². The number of carbonyl (C=O) groups is 1.